The second kappa shape index (κ2) is 5.19. The van der Waals surface area contributed by atoms with E-state index >= 15 is 0 Å². The average Bonchev–Trinajstić information content (AvgIpc) is 3.09. The third-order valence-corrected chi connectivity index (χ3v) is 4.37. The fourth-order valence-corrected chi connectivity index (χ4v) is 3.19. The van der Waals surface area contributed by atoms with E-state index in [1.807, 2.05) is 37.0 Å². The Balaban J connectivity index is 1.67. The molecule has 23 heavy (non-hydrogen) atoms. The number of fused-ring (bicyclic) bond motifs is 2. The molecule has 0 saturated heterocycles. The Morgan fingerprint density at radius 1 is 1.26 bits per heavy atom. The summed E-state index contributed by atoms with van der Waals surface area (Å²) < 4.78 is 3.59. The van der Waals surface area contributed by atoms with Crippen molar-refractivity contribution in [3.8, 4) is 0 Å². The van der Waals surface area contributed by atoms with Crippen LogP contribution < -0.4 is 5.32 Å². The number of nitrogens with zero attached hydrogens (tertiary/aromatic N) is 5. The van der Waals surface area contributed by atoms with Crippen LogP contribution in [0.1, 0.15) is 40.2 Å². The Morgan fingerprint density at radius 2 is 2.09 bits per heavy atom. The molecular weight excluding hydrogens is 292 g/mol. The van der Waals surface area contributed by atoms with Crippen molar-refractivity contribution in [2.75, 3.05) is 5.32 Å². The molecule has 118 valence electrons. The van der Waals surface area contributed by atoms with Gasteiger partial charge in [0.2, 0.25) is 5.95 Å². The fourth-order valence-electron chi connectivity index (χ4n) is 3.19. The first-order valence-electron chi connectivity index (χ1n) is 7.81. The van der Waals surface area contributed by atoms with E-state index in [1.54, 1.807) is 4.40 Å². The summed E-state index contributed by atoms with van der Waals surface area (Å²) in [6, 6.07) is 3.87. The lowest BCUT2D eigenvalue weighted by molar-refractivity contribution is 0.101. The van der Waals surface area contributed by atoms with Crippen molar-refractivity contribution in [2.24, 2.45) is 7.05 Å². The molecule has 0 saturated carbocycles. The first-order chi connectivity index (χ1) is 11.1. The number of hydrogen-bond donors (Lipinski definition) is 1. The minimum Gasteiger partial charge on any atom is -0.289 e. The molecule has 7 nitrogen and oxygen atoms in total. The van der Waals surface area contributed by atoms with Crippen molar-refractivity contribution >= 4 is 17.5 Å². The highest BCUT2D eigenvalue weighted by atomic mass is 16.2. The van der Waals surface area contributed by atoms with E-state index in [2.05, 4.69) is 20.6 Å². The second-order valence-corrected chi connectivity index (χ2v) is 6.01. The summed E-state index contributed by atoms with van der Waals surface area (Å²) in [6.45, 7) is 1.99. The number of pyridine rings is 1. The minimum atomic E-state index is -0.223. The SMILES string of the molecule is Cc1ccn2c(NC(=O)c3nn(C)c4c3CCCC4)nnc2c1. The predicted molar refractivity (Wildman–Crippen MR) is 85.5 cm³/mol. The Morgan fingerprint density at radius 3 is 2.96 bits per heavy atom. The van der Waals surface area contributed by atoms with E-state index in [-0.39, 0.29) is 5.91 Å². The molecule has 0 aliphatic heterocycles. The van der Waals surface area contributed by atoms with E-state index in [1.165, 1.54) is 5.69 Å². The van der Waals surface area contributed by atoms with Gasteiger partial charge in [0, 0.05) is 24.5 Å². The normalized spacial score (nSPS) is 14.0. The van der Waals surface area contributed by atoms with E-state index in [9.17, 15) is 4.79 Å². The van der Waals surface area contributed by atoms with Crippen LogP contribution in [-0.4, -0.2) is 30.3 Å². The first-order valence-corrected chi connectivity index (χ1v) is 7.81. The molecule has 0 unspecified atom stereocenters. The number of nitrogens with one attached hydrogen (secondary N) is 1. The van der Waals surface area contributed by atoms with Crippen LogP contribution in [0.2, 0.25) is 0 Å². The maximum atomic E-state index is 12.6. The molecule has 3 aromatic heterocycles. The molecule has 7 heteroatoms. The molecule has 1 amide bonds. The molecule has 0 bridgehead atoms. The van der Waals surface area contributed by atoms with Crippen molar-refractivity contribution in [3.05, 3.63) is 40.8 Å². The lowest BCUT2D eigenvalue weighted by atomic mass is 9.95. The maximum absolute atomic E-state index is 12.6. The molecule has 0 atom stereocenters. The Kier molecular flexibility index (Phi) is 3.14. The number of anilines is 1. The standard InChI is InChI=1S/C16H18N6O/c1-10-7-8-22-13(9-10)18-19-16(22)17-15(23)14-11-5-3-4-6-12(11)21(2)20-14/h7-9H,3-6H2,1-2H3,(H,17,19,23). The number of carbonyl (C=O) groups excluding carboxylic acids is 1. The quantitative estimate of drug-likeness (QED) is 0.784. The molecule has 1 aliphatic rings. The van der Waals surface area contributed by atoms with Gasteiger partial charge in [0.15, 0.2) is 11.3 Å². The highest BCUT2D eigenvalue weighted by Crippen LogP contribution is 2.24. The van der Waals surface area contributed by atoms with Crippen LogP contribution in [0.15, 0.2) is 18.3 Å². The van der Waals surface area contributed by atoms with Crippen molar-refractivity contribution in [1.82, 2.24) is 24.4 Å². The van der Waals surface area contributed by atoms with Gasteiger partial charge in [-0.2, -0.15) is 5.10 Å². The average molecular weight is 310 g/mol. The van der Waals surface area contributed by atoms with Gasteiger partial charge in [-0.3, -0.25) is 19.2 Å². The Labute approximate surface area is 133 Å². The molecule has 1 N–H and O–H groups in total. The van der Waals surface area contributed by atoms with Gasteiger partial charge in [0.25, 0.3) is 5.91 Å². The van der Waals surface area contributed by atoms with Gasteiger partial charge in [-0.1, -0.05) is 0 Å². The summed E-state index contributed by atoms with van der Waals surface area (Å²) in [5.41, 5.74) is 4.56. The van der Waals surface area contributed by atoms with Gasteiger partial charge >= 0.3 is 0 Å². The van der Waals surface area contributed by atoms with Gasteiger partial charge in [-0.05, 0) is 50.3 Å². The summed E-state index contributed by atoms with van der Waals surface area (Å²) >= 11 is 0. The highest BCUT2D eigenvalue weighted by Gasteiger charge is 2.24. The zero-order valence-corrected chi connectivity index (χ0v) is 13.2. The molecule has 3 aromatic rings. The number of carbonyl (C=O) groups is 1. The molecule has 4 rings (SSSR count). The number of rotatable bonds is 2. The van der Waals surface area contributed by atoms with Crippen LogP contribution >= 0.6 is 0 Å². The van der Waals surface area contributed by atoms with Gasteiger partial charge in [-0.25, -0.2) is 0 Å². The number of aryl methyl sites for hydroxylation is 2. The molecular formula is C16H18N6O. The lowest BCUT2D eigenvalue weighted by Crippen LogP contribution is -2.17. The van der Waals surface area contributed by atoms with Crippen molar-refractivity contribution < 1.29 is 4.79 Å². The highest BCUT2D eigenvalue weighted by molar-refractivity contribution is 6.03. The molecule has 3 heterocycles. The summed E-state index contributed by atoms with van der Waals surface area (Å²) in [5.74, 6) is 0.193. The minimum absolute atomic E-state index is 0.223. The molecule has 0 radical (unpaired) electrons. The number of aromatic nitrogens is 5. The largest absolute Gasteiger partial charge is 0.289 e. The van der Waals surface area contributed by atoms with Gasteiger partial charge in [0.1, 0.15) is 0 Å². The molecule has 0 spiro atoms. The number of hydrogen-bond acceptors (Lipinski definition) is 4. The van der Waals surface area contributed by atoms with E-state index in [4.69, 9.17) is 0 Å². The van der Waals surface area contributed by atoms with E-state index in [0.29, 0.717) is 17.3 Å². The van der Waals surface area contributed by atoms with Gasteiger partial charge in [0.05, 0.1) is 0 Å². The van der Waals surface area contributed by atoms with Crippen molar-refractivity contribution in [3.63, 3.8) is 0 Å². The second-order valence-electron chi connectivity index (χ2n) is 6.01. The number of amides is 1. The van der Waals surface area contributed by atoms with Crippen LogP contribution in [0.5, 0.6) is 0 Å². The van der Waals surface area contributed by atoms with Gasteiger partial charge < -0.3 is 0 Å². The van der Waals surface area contributed by atoms with Crippen molar-refractivity contribution in [2.45, 2.75) is 32.6 Å². The summed E-state index contributed by atoms with van der Waals surface area (Å²) in [5, 5.41) is 15.4. The van der Waals surface area contributed by atoms with E-state index in [0.717, 1.165) is 36.8 Å². The lowest BCUT2D eigenvalue weighted by Gasteiger charge is -2.12. The smallest absolute Gasteiger partial charge is 0.278 e. The molecule has 0 fully saturated rings. The van der Waals surface area contributed by atoms with Gasteiger partial charge in [-0.15, -0.1) is 10.2 Å². The Hall–Kier alpha value is -2.70. The molecule has 0 aromatic carbocycles. The summed E-state index contributed by atoms with van der Waals surface area (Å²) in [6.07, 6.45) is 6.01. The summed E-state index contributed by atoms with van der Waals surface area (Å²) in [7, 11) is 1.90. The predicted octanol–water partition coefficient (Wildman–Crippen LogP) is 1.90. The van der Waals surface area contributed by atoms with Crippen LogP contribution in [0.25, 0.3) is 5.65 Å². The van der Waals surface area contributed by atoms with Crippen LogP contribution in [0, 0.1) is 6.92 Å². The fraction of sp³-hybridized carbons (Fsp3) is 0.375. The topological polar surface area (TPSA) is 77.1 Å². The first kappa shape index (κ1) is 13.9. The van der Waals surface area contributed by atoms with Crippen molar-refractivity contribution in [1.29, 1.82) is 0 Å². The van der Waals surface area contributed by atoms with Crippen LogP contribution in [-0.2, 0) is 19.9 Å². The van der Waals surface area contributed by atoms with Crippen LogP contribution in [0.4, 0.5) is 5.95 Å². The third-order valence-electron chi connectivity index (χ3n) is 4.37. The van der Waals surface area contributed by atoms with Crippen LogP contribution in [0.3, 0.4) is 0 Å². The molecule has 1 aliphatic carbocycles. The zero-order chi connectivity index (χ0) is 16.0. The zero-order valence-electron chi connectivity index (χ0n) is 13.2. The Bertz CT molecular complexity index is 907. The third kappa shape index (κ3) is 2.28. The summed E-state index contributed by atoms with van der Waals surface area (Å²) in [4.78, 5) is 12.6. The van der Waals surface area contributed by atoms with E-state index < -0.39 is 0 Å². The monoisotopic (exact) mass is 310 g/mol. The maximum Gasteiger partial charge on any atom is 0.278 e.